The lowest BCUT2D eigenvalue weighted by molar-refractivity contribution is -0.147. The molecule has 1 heterocycles. The van der Waals surface area contributed by atoms with Crippen LogP contribution in [0.3, 0.4) is 0 Å². The van der Waals surface area contributed by atoms with Crippen LogP contribution in [0.25, 0.3) is 0 Å². The standard InChI is InChI=1S/C41H68N2O7Si/c1-9-13-23-40(5,11-3)50-51(7,8)41(6,12-4)24-18-28-48-29-30-49-35(45)22-21-34(44)42(25-10-2)26-16-14-15-17-27-43-38(46)36-32-19-20-33(31-32)37(36)39(43)47/h2,19-20,32-33,36-37H,9,11-18,21-31H2,1,3-8H3/t32-,33+,36+,37-,40?,41?. The summed E-state index contributed by atoms with van der Waals surface area (Å²) in [5.74, 6) is 2.16. The van der Waals surface area contributed by atoms with Crippen LogP contribution >= 0.6 is 0 Å². The number of esters is 1. The first-order valence-electron chi connectivity index (χ1n) is 19.9. The van der Waals surface area contributed by atoms with Crippen LogP contribution in [0.4, 0.5) is 0 Å². The highest BCUT2D eigenvalue weighted by atomic mass is 28.4. The molecule has 3 aliphatic rings. The summed E-state index contributed by atoms with van der Waals surface area (Å²) in [4.78, 5) is 54.0. The number of allylic oxidation sites excluding steroid dienone is 2. The van der Waals surface area contributed by atoms with Gasteiger partial charge in [-0.15, -0.1) is 6.42 Å². The zero-order chi connectivity index (χ0) is 37.7. The van der Waals surface area contributed by atoms with Crippen molar-refractivity contribution in [2.45, 2.75) is 148 Å². The topological polar surface area (TPSA) is 102 Å². The number of ether oxygens (including phenoxy) is 2. The number of carbonyl (C=O) groups is 4. The number of amides is 3. The minimum Gasteiger partial charge on any atom is -0.463 e. The van der Waals surface area contributed by atoms with E-state index < -0.39 is 14.3 Å². The quantitative estimate of drug-likeness (QED) is 0.0225. The van der Waals surface area contributed by atoms with Crippen LogP contribution < -0.4 is 0 Å². The van der Waals surface area contributed by atoms with Gasteiger partial charge in [-0.1, -0.05) is 77.9 Å². The second kappa shape index (κ2) is 20.1. The largest absolute Gasteiger partial charge is 0.463 e. The predicted octanol–water partition coefficient (Wildman–Crippen LogP) is 7.69. The van der Waals surface area contributed by atoms with Crippen LogP contribution in [0.1, 0.15) is 125 Å². The fraction of sp³-hybridized carbons (Fsp3) is 0.805. The Balaban J connectivity index is 1.25. The molecule has 288 valence electrons. The van der Waals surface area contributed by atoms with Crippen LogP contribution in [0.2, 0.25) is 18.1 Å². The lowest BCUT2D eigenvalue weighted by atomic mass is 9.85. The Bertz CT molecular complexity index is 1220. The molecule has 10 heteroatoms. The van der Waals surface area contributed by atoms with Crippen molar-refractivity contribution in [2.24, 2.45) is 23.7 Å². The van der Waals surface area contributed by atoms with E-state index in [0.717, 1.165) is 64.2 Å². The number of imide groups is 1. The number of terminal acetylenes is 1. The first-order chi connectivity index (χ1) is 24.3. The number of hydrogen-bond donors (Lipinski definition) is 0. The summed E-state index contributed by atoms with van der Waals surface area (Å²) < 4.78 is 18.1. The molecular formula is C41H68N2O7Si. The maximum absolute atomic E-state index is 12.9. The number of hydrogen-bond acceptors (Lipinski definition) is 7. The predicted molar refractivity (Wildman–Crippen MR) is 204 cm³/mol. The van der Waals surface area contributed by atoms with E-state index in [9.17, 15) is 19.2 Å². The maximum atomic E-state index is 12.9. The lowest BCUT2D eigenvalue weighted by Crippen LogP contribution is -2.50. The molecule has 0 radical (unpaired) electrons. The highest BCUT2D eigenvalue weighted by Crippen LogP contribution is 2.52. The molecular weight excluding hydrogens is 661 g/mol. The highest BCUT2D eigenvalue weighted by Gasteiger charge is 2.59. The third-order valence-corrected chi connectivity index (χ3v) is 16.9. The SMILES string of the molecule is C#CCN(CCCCCCN1C(=O)[C@@H]2[C@H](C1=O)[C@H]1C=C[C@@H]2C1)C(=O)CCC(=O)OCCOCCCC(C)(CC)[Si](C)(C)OC(C)(CC)CCCC. The molecule has 0 aromatic heterocycles. The van der Waals surface area contributed by atoms with Crippen molar-refractivity contribution >= 4 is 32.0 Å². The Labute approximate surface area is 310 Å². The van der Waals surface area contributed by atoms with E-state index in [-0.39, 0.29) is 78.0 Å². The number of rotatable bonds is 26. The number of likely N-dealkylation sites (tertiary alicyclic amines) is 1. The monoisotopic (exact) mass is 728 g/mol. The molecule has 1 saturated heterocycles. The van der Waals surface area contributed by atoms with Gasteiger partial charge in [0.2, 0.25) is 17.7 Å². The van der Waals surface area contributed by atoms with Gasteiger partial charge in [-0.25, -0.2) is 0 Å². The van der Waals surface area contributed by atoms with E-state index in [1.54, 1.807) is 4.90 Å². The van der Waals surface area contributed by atoms with E-state index >= 15 is 0 Å². The molecule has 0 aromatic carbocycles. The Morgan fingerprint density at radius 1 is 0.902 bits per heavy atom. The van der Waals surface area contributed by atoms with Gasteiger partial charge in [0.25, 0.3) is 0 Å². The van der Waals surface area contributed by atoms with E-state index in [1.165, 1.54) is 17.7 Å². The third kappa shape index (κ3) is 11.5. The fourth-order valence-electron chi connectivity index (χ4n) is 8.33. The molecule has 0 N–H and O–H groups in total. The van der Waals surface area contributed by atoms with Crippen molar-refractivity contribution in [3.8, 4) is 12.3 Å². The van der Waals surface area contributed by atoms with Gasteiger partial charge in [-0.2, -0.15) is 0 Å². The van der Waals surface area contributed by atoms with Crippen molar-refractivity contribution in [1.82, 2.24) is 9.80 Å². The van der Waals surface area contributed by atoms with E-state index in [4.69, 9.17) is 20.3 Å². The van der Waals surface area contributed by atoms with Crippen molar-refractivity contribution < 1.29 is 33.1 Å². The number of carbonyl (C=O) groups excluding carboxylic acids is 4. The van der Waals surface area contributed by atoms with E-state index in [0.29, 0.717) is 26.3 Å². The molecule has 1 saturated carbocycles. The average Bonchev–Trinajstić information content (AvgIpc) is 3.80. The summed E-state index contributed by atoms with van der Waals surface area (Å²) in [7, 11) is -2.00. The van der Waals surface area contributed by atoms with E-state index in [2.05, 4.69) is 65.8 Å². The third-order valence-electron chi connectivity index (χ3n) is 12.3. The summed E-state index contributed by atoms with van der Waals surface area (Å²) in [5, 5.41) is 0.138. The van der Waals surface area contributed by atoms with Crippen LogP contribution in [0.5, 0.6) is 0 Å². The Kier molecular flexibility index (Phi) is 16.9. The molecule has 3 rings (SSSR count). The average molecular weight is 729 g/mol. The van der Waals surface area contributed by atoms with Crippen molar-refractivity contribution in [3.63, 3.8) is 0 Å². The maximum Gasteiger partial charge on any atom is 0.306 e. The van der Waals surface area contributed by atoms with Crippen molar-refractivity contribution in [3.05, 3.63) is 12.2 Å². The molecule has 9 nitrogen and oxygen atoms in total. The number of fused-ring (bicyclic) bond motifs is 5. The van der Waals surface area contributed by atoms with Gasteiger partial charge >= 0.3 is 5.97 Å². The van der Waals surface area contributed by atoms with Gasteiger partial charge in [0, 0.05) is 26.1 Å². The fourth-order valence-corrected chi connectivity index (χ4v) is 11.7. The summed E-state index contributed by atoms with van der Waals surface area (Å²) in [6.45, 7) is 18.4. The Hall–Kier alpha value is -2.48. The molecule has 3 amide bonds. The number of unbranched alkanes of at least 4 members (excludes halogenated alkanes) is 4. The molecule has 51 heavy (non-hydrogen) atoms. The first kappa shape index (κ1) is 42.9. The normalized spacial score (nSPS) is 23.2. The Morgan fingerprint density at radius 2 is 1.57 bits per heavy atom. The second-order valence-corrected chi connectivity index (χ2v) is 20.6. The molecule has 0 aromatic rings. The van der Waals surface area contributed by atoms with Crippen LogP contribution in [-0.2, 0) is 33.1 Å². The molecule has 2 aliphatic carbocycles. The van der Waals surface area contributed by atoms with Crippen molar-refractivity contribution in [2.75, 3.05) is 39.5 Å². The van der Waals surface area contributed by atoms with Gasteiger partial charge in [0.05, 0.1) is 37.0 Å². The Morgan fingerprint density at radius 3 is 2.18 bits per heavy atom. The van der Waals surface area contributed by atoms with Gasteiger partial charge in [0.1, 0.15) is 6.61 Å². The van der Waals surface area contributed by atoms with E-state index in [1.807, 2.05) is 0 Å². The molecule has 2 bridgehead atoms. The summed E-state index contributed by atoms with van der Waals surface area (Å²) in [6, 6.07) is 0. The van der Waals surface area contributed by atoms with Crippen LogP contribution in [-0.4, -0.2) is 86.9 Å². The highest BCUT2D eigenvalue weighted by molar-refractivity contribution is 6.74. The molecule has 1 aliphatic heterocycles. The van der Waals surface area contributed by atoms with Crippen LogP contribution in [0, 0.1) is 36.0 Å². The minimum absolute atomic E-state index is 0.000516. The summed E-state index contributed by atoms with van der Waals surface area (Å²) in [6.07, 6.45) is 21.5. The number of nitrogens with zero attached hydrogens (tertiary/aromatic N) is 2. The molecule has 2 unspecified atom stereocenters. The molecule has 0 spiro atoms. The van der Waals surface area contributed by atoms with Gasteiger partial charge in [-0.05, 0) is 81.8 Å². The minimum atomic E-state index is -2.00. The second-order valence-electron chi connectivity index (χ2n) is 16.1. The van der Waals surface area contributed by atoms with Gasteiger partial charge in [-0.3, -0.25) is 24.1 Å². The first-order valence-corrected chi connectivity index (χ1v) is 22.9. The zero-order valence-corrected chi connectivity index (χ0v) is 33.9. The zero-order valence-electron chi connectivity index (χ0n) is 32.9. The van der Waals surface area contributed by atoms with Gasteiger partial charge in [0.15, 0.2) is 8.32 Å². The van der Waals surface area contributed by atoms with Gasteiger partial charge < -0.3 is 18.8 Å². The summed E-state index contributed by atoms with van der Waals surface area (Å²) in [5.41, 5.74) is -0.0634. The van der Waals surface area contributed by atoms with Crippen LogP contribution in [0.15, 0.2) is 12.2 Å². The molecule has 6 atom stereocenters. The lowest BCUT2D eigenvalue weighted by Gasteiger charge is -2.47. The smallest absolute Gasteiger partial charge is 0.306 e. The molecule has 2 fully saturated rings. The summed E-state index contributed by atoms with van der Waals surface area (Å²) >= 11 is 0. The van der Waals surface area contributed by atoms with Crippen molar-refractivity contribution in [1.29, 1.82) is 0 Å².